The lowest BCUT2D eigenvalue weighted by Gasteiger charge is -2.69. The van der Waals surface area contributed by atoms with Gasteiger partial charge in [-0.15, -0.1) is 6.58 Å². The van der Waals surface area contributed by atoms with E-state index in [-0.39, 0.29) is 22.5 Å². The number of aliphatic hydroxyl groups is 1. The Kier molecular flexibility index (Phi) is 9.86. The number of nitrogens with one attached hydrogen (secondary N) is 1. The maximum absolute atomic E-state index is 14.4. The second-order valence-electron chi connectivity index (χ2n) is 18.0. The highest BCUT2D eigenvalue weighted by Crippen LogP contribution is 2.73. The first-order valence-corrected chi connectivity index (χ1v) is 18.7. The molecular formula is C39H69N3O2. The van der Waals surface area contributed by atoms with Crippen LogP contribution in [0.15, 0.2) is 12.7 Å². The molecule has 44 heavy (non-hydrogen) atoms. The van der Waals surface area contributed by atoms with E-state index in [0.717, 1.165) is 70.4 Å². The minimum Gasteiger partial charge on any atom is -0.393 e. The fraction of sp³-hybridized carbons (Fsp3) is 0.923. The highest BCUT2D eigenvalue weighted by Gasteiger charge is 2.67. The van der Waals surface area contributed by atoms with Gasteiger partial charge in [-0.1, -0.05) is 47.1 Å². The molecule has 9 atom stereocenters. The minimum absolute atomic E-state index is 0.0207. The Labute approximate surface area is 271 Å². The molecule has 5 aliphatic carbocycles. The fourth-order valence-electron chi connectivity index (χ4n) is 12.9. The zero-order valence-corrected chi connectivity index (χ0v) is 30.0. The van der Waals surface area contributed by atoms with Crippen molar-refractivity contribution in [2.45, 2.75) is 138 Å². The summed E-state index contributed by atoms with van der Waals surface area (Å²) in [6.45, 7) is 28.6. The van der Waals surface area contributed by atoms with Gasteiger partial charge in [0.15, 0.2) is 0 Å². The van der Waals surface area contributed by atoms with Crippen LogP contribution in [0, 0.1) is 51.2 Å². The van der Waals surface area contributed by atoms with E-state index in [9.17, 15) is 9.90 Å². The molecule has 1 amide bonds. The smallest absolute Gasteiger partial charge is 0.226 e. The third-order valence-corrected chi connectivity index (χ3v) is 14.9. The highest BCUT2D eigenvalue weighted by atomic mass is 16.3. The van der Waals surface area contributed by atoms with E-state index in [2.05, 4.69) is 70.2 Å². The van der Waals surface area contributed by atoms with Gasteiger partial charge in [-0.05, 0) is 137 Å². The maximum atomic E-state index is 14.4. The van der Waals surface area contributed by atoms with Crippen molar-refractivity contribution in [3.05, 3.63) is 12.7 Å². The van der Waals surface area contributed by atoms with Crippen LogP contribution in [-0.2, 0) is 4.79 Å². The molecule has 5 saturated carbocycles. The molecular weight excluding hydrogens is 542 g/mol. The van der Waals surface area contributed by atoms with Crippen molar-refractivity contribution < 1.29 is 9.90 Å². The van der Waals surface area contributed by atoms with E-state index in [1.165, 1.54) is 51.4 Å². The first-order chi connectivity index (χ1) is 20.7. The molecule has 5 nitrogen and oxygen atoms in total. The van der Waals surface area contributed by atoms with Gasteiger partial charge in [0.25, 0.3) is 0 Å². The van der Waals surface area contributed by atoms with Crippen LogP contribution in [0.4, 0.5) is 0 Å². The molecule has 6 fully saturated rings. The molecule has 2 N–H and O–H groups in total. The fourth-order valence-corrected chi connectivity index (χ4v) is 12.9. The molecule has 1 aliphatic heterocycles. The van der Waals surface area contributed by atoms with Crippen molar-refractivity contribution in [3.63, 3.8) is 0 Å². The van der Waals surface area contributed by atoms with Gasteiger partial charge in [-0.3, -0.25) is 9.69 Å². The van der Waals surface area contributed by atoms with Gasteiger partial charge in [-0.25, -0.2) is 0 Å². The Hall–Kier alpha value is -0.910. The van der Waals surface area contributed by atoms with Crippen LogP contribution in [0.2, 0.25) is 0 Å². The molecule has 0 bridgehead atoms. The van der Waals surface area contributed by atoms with E-state index < -0.39 is 0 Å². The monoisotopic (exact) mass is 612 g/mol. The lowest BCUT2D eigenvalue weighted by Crippen LogP contribution is -2.64. The van der Waals surface area contributed by atoms with Crippen molar-refractivity contribution in [3.8, 4) is 0 Å². The van der Waals surface area contributed by atoms with Crippen LogP contribution < -0.4 is 5.32 Å². The second-order valence-corrected chi connectivity index (χ2v) is 18.0. The SMILES string of the molecule is C=CC.CCN1CCN(CC(C)(C)NC(=O)C23CCCC2C2CCC4C(C)(CCC5C(C)(C)C(O)CCC54C)C2CC3)CC1. The van der Waals surface area contributed by atoms with Gasteiger partial charge in [0.2, 0.25) is 5.91 Å². The van der Waals surface area contributed by atoms with E-state index in [1.807, 2.05) is 6.92 Å². The molecule has 0 aromatic heterocycles. The Balaban J connectivity index is 0.00000123. The summed E-state index contributed by atoms with van der Waals surface area (Å²) in [7, 11) is 0. The molecule has 0 radical (unpaired) electrons. The highest BCUT2D eigenvalue weighted by molar-refractivity contribution is 5.84. The number of carbonyl (C=O) groups is 1. The maximum Gasteiger partial charge on any atom is 0.226 e. The Morgan fingerprint density at radius 3 is 2.16 bits per heavy atom. The number of allylic oxidation sites excluding steroid dienone is 1. The Morgan fingerprint density at radius 2 is 1.50 bits per heavy atom. The number of carbonyl (C=O) groups excluding carboxylic acids is 1. The first kappa shape index (κ1) is 34.4. The largest absolute Gasteiger partial charge is 0.393 e. The average Bonchev–Trinajstić information content (AvgIpc) is 3.42. The molecule has 9 unspecified atom stereocenters. The van der Waals surface area contributed by atoms with Crippen LogP contribution in [0.3, 0.4) is 0 Å². The van der Waals surface area contributed by atoms with Crippen molar-refractivity contribution >= 4 is 5.91 Å². The zero-order chi connectivity index (χ0) is 32.1. The number of aliphatic hydroxyl groups excluding tert-OH is 1. The van der Waals surface area contributed by atoms with E-state index in [0.29, 0.717) is 34.5 Å². The first-order valence-electron chi connectivity index (χ1n) is 18.7. The molecule has 0 aromatic carbocycles. The van der Waals surface area contributed by atoms with Gasteiger partial charge in [0.05, 0.1) is 11.5 Å². The molecule has 6 aliphatic rings. The topological polar surface area (TPSA) is 55.8 Å². The summed E-state index contributed by atoms with van der Waals surface area (Å²) in [5.74, 6) is 3.82. The van der Waals surface area contributed by atoms with Crippen molar-refractivity contribution in [2.75, 3.05) is 39.3 Å². The summed E-state index contributed by atoms with van der Waals surface area (Å²) in [4.78, 5) is 19.5. The van der Waals surface area contributed by atoms with Crippen LogP contribution >= 0.6 is 0 Å². The summed E-state index contributed by atoms with van der Waals surface area (Å²) in [5, 5.41) is 14.6. The van der Waals surface area contributed by atoms with Crippen LogP contribution in [0.1, 0.15) is 126 Å². The molecule has 5 heteroatoms. The van der Waals surface area contributed by atoms with Gasteiger partial charge < -0.3 is 15.3 Å². The van der Waals surface area contributed by atoms with Crippen molar-refractivity contribution in [1.82, 2.24) is 15.1 Å². The predicted octanol–water partition coefficient (Wildman–Crippen LogP) is 7.54. The quantitative estimate of drug-likeness (QED) is 0.316. The number of nitrogens with zero attached hydrogens (tertiary/aromatic N) is 2. The average molecular weight is 612 g/mol. The molecule has 252 valence electrons. The number of fused-ring (bicyclic) bond motifs is 7. The Morgan fingerprint density at radius 1 is 0.864 bits per heavy atom. The Bertz CT molecular complexity index is 1030. The second kappa shape index (κ2) is 12.6. The molecule has 0 spiro atoms. The predicted molar refractivity (Wildman–Crippen MR) is 183 cm³/mol. The summed E-state index contributed by atoms with van der Waals surface area (Å²) >= 11 is 0. The van der Waals surface area contributed by atoms with Gasteiger partial charge in [0, 0.05) is 38.3 Å². The van der Waals surface area contributed by atoms with Gasteiger partial charge >= 0.3 is 0 Å². The number of amides is 1. The van der Waals surface area contributed by atoms with Crippen molar-refractivity contribution in [1.29, 1.82) is 0 Å². The van der Waals surface area contributed by atoms with Gasteiger partial charge in [-0.2, -0.15) is 0 Å². The summed E-state index contributed by atoms with van der Waals surface area (Å²) in [6, 6.07) is 0. The molecule has 6 rings (SSSR count). The summed E-state index contributed by atoms with van der Waals surface area (Å²) < 4.78 is 0. The molecule has 0 aromatic rings. The molecule has 1 saturated heterocycles. The third-order valence-electron chi connectivity index (χ3n) is 14.9. The number of hydrogen-bond acceptors (Lipinski definition) is 4. The number of piperazine rings is 1. The van der Waals surface area contributed by atoms with Crippen LogP contribution in [0.25, 0.3) is 0 Å². The lowest BCUT2D eigenvalue weighted by atomic mass is 9.36. The molecule has 1 heterocycles. The van der Waals surface area contributed by atoms with Crippen LogP contribution in [-0.4, -0.2) is 71.7 Å². The normalized spacial score (nSPS) is 43.8. The van der Waals surface area contributed by atoms with E-state index in [1.54, 1.807) is 6.08 Å². The summed E-state index contributed by atoms with van der Waals surface area (Å²) in [5.41, 5.74) is 0.416. The van der Waals surface area contributed by atoms with E-state index in [4.69, 9.17) is 0 Å². The van der Waals surface area contributed by atoms with E-state index >= 15 is 0 Å². The number of hydrogen-bond donors (Lipinski definition) is 2. The third kappa shape index (κ3) is 5.76. The van der Waals surface area contributed by atoms with Gasteiger partial charge in [0.1, 0.15) is 0 Å². The number of likely N-dealkylation sites (N-methyl/N-ethyl adjacent to an activating group) is 1. The van der Waals surface area contributed by atoms with Crippen molar-refractivity contribution in [2.24, 2.45) is 51.2 Å². The standard InChI is InChI=1S/C36H63N3O2.C3H6/c1-8-38-20-22-39(23-21-38)24-32(2,3)37-31(41)36-16-9-10-27(36)25-11-12-29-34(6,26(25)13-19-36)17-14-28-33(4,5)30(40)15-18-35(28,29)7;1-3-2/h25-30,40H,8-24H2,1-7H3,(H,37,41);3H,1H2,2H3. The summed E-state index contributed by atoms with van der Waals surface area (Å²) in [6.07, 6.45) is 14.9. The minimum atomic E-state index is -0.195. The van der Waals surface area contributed by atoms with Crippen LogP contribution in [0.5, 0.6) is 0 Å². The number of rotatable bonds is 5. The zero-order valence-electron chi connectivity index (χ0n) is 30.0. The lowest BCUT2D eigenvalue weighted by molar-refractivity contribution is -0.214.